The van der Waals surface area contributed by atoms with Crippen molar-refractivity contribution >= 4 is 39.5 Å². The molecule has 2 aromatic carbocycles. The van der Waals surface area contributed by atoms with Gasteiger partial charge in [0.15, 0.2) is 0 Å². The molecule has 122 valence electrons. The van der Waals surface area contributed by atoms with E-state index in [1.807, 2.05) is 12.1 Å². The first kappa shape index (κ1) is 16.2. The smallest absolute Gasteiger partial charge is 0.339 e. The van der Waals surface area contributed by atoms with Gasteiger partial charge in [-0.3, -0.25) is 14.5 Å². The van der Waals surface area contributed by atoms with E-state index in [-0.39, 0.29) is 6.54 Å². The Kier molecular flexibility index (Phi) is 4.35. The molecule has 7 heteroatoms. The number of benzene rings is 2. The predicted octanol–water partition coefficient (Wildman–Crippen LogP) is 2.95. The van der Waals surface area contributed by atoms with E-state index in [1.54, 1.807) is 36.4 Å². The summed E-state index contributed by atoms with van der Waals surface area (Å²) in [6.45, 7) is 0.0450. The average Bonchev–Trinajstić information content (AvgIpc) is 2.80. The Labute approximate surface area is 146 Å². The maximum absolute atomic E-state index is 12.5. The number of nitrogens with zero attached hydrogens (tertiary/aromatic N) is 2. The quantitative estimate of drug-likeness (QED) is 0.596. The second-order valence-electron chi connectivity index (χ2n) is 5.14. The Morgan fingerprint density at radius 1 is 0.917 bits per heavy atom. The van der Waals surface area contributed by atoms with Gasteiger partial charge in [0.2, 0.25) is 0 Å². The van der Waals surface area contributed by atoms with E-state index in [1.165, 1.54) is 7.11 Å². The number of amides is 4. The van der Waals surface area contributed by atoms with Crippen molar-refractivity contribution in [1.82, 2.24) is 4.90 Å². The Balaban J connectivity index is 1.85. The zero-order chi connectivity index (χ0) is 17.3. The molecular formula is C17H13BrN2O4. The van der Waals surface area contributed by atoms with Gasteiger partial charge in [0.25, 0.3) is 0 Å². The van der Waals surface area contributed by atoms with Gasteiger partial charge < -0.3 is 4.74 Å². The lowest BCUT2D eigenvalue weighted by atomic mass is 10.2. The Morgan fingerprint density at radius 2 is 1.54 bits per heavy atom. The number of halogens is 1. The van der Waals surface area contributed by atoms with Crippen LogP contribution in [-0.2, 0) is 16.1 Å². The fourth-order valence-electron chi connectivity index (χ4n) is 2.38. The van der Waals surface area contributed by atoms with Crippen LogP contribution in [0.4, 0.5) is 10.5 Å². The van der Waals surface area contributed by atoms with E-state index in [9.17, 15) is 14.4 Å². The minimum absolute atomic E-state index is 0.0450. The largest absolute Gasteiger partial charge is 0.497 e. The molecule has 1 saturated heterocycles. The number of hydrogen-bond donors (Lipinski definition) is 0. The molecule has 1 aliphatic heterocycles. The van der Waals surface area contributed by atoms with Gasteiger partial charge in [-0.25, -0.2) is 9.69 Å². The summed E-state index contributed by atoms with van der Waals surface area (Å²) >= 11 is 3.32. The Morgan fingerprint density at radius 3 is 2.12 bits per heavy atom. The fraction of sp³-hybridized carbons (Fsp3) is 0.118. The van der Waals surface area contributed by atoms with Crippen LogP contribution in [0, 0.1) is 0 Å². The van der Waals surface area contributed by atoms with Crippen LogP contribution in [0.25, 0.3) is 0 Å². The molecule has 1 heterocycles. The number of imide groups is 2. The predicted molar refractivity (Wildman–Crippen MR) is 90.6 cm³/mol. The summed E-state index contributed by atoms with van der Waals surface area (Å²) in [7, 11) is 1.52. The van der Waals surface area contributed by atoms with Crippen LogP contribution >= 0.6 is 15.9 Å². The third kappa shape index (κ3) is 2.90. The van der Waals surface area contributed by atoms with E-state index in [2.05, 4.69) is 15.9 Å². The minimum Gasteiger partial charge on any atom is -0.497 e. The molecule has 0 spiro atoms. The van der Waals surface area contributed by atoms with Crippen LogP contribution in [-0.4, -0.2) is 29.9 Å². The van der Waals surface area contributed by atoms with Crippen LogP contribution in [0.5, 0.6) is 5.75 Å². The van der Waals surface area contributed by atoms with Gasteiger partial charge in [-0.2, -0.15) is 0 Å². The first-order valence-electron chi connectivity index (χ1n) is 7.09. The minimum atomic E-state index is -0.859. The lowest BCUT2D eigenvalue weighted by molar-refractivity contribution is -0.139. The van der Waals surface area contributed by atoms with Crippen LogP contribution in [0.15, 0.2) is 53.0 Å². The van der Waals surface area contributed by atoms with E-state index >= 15 is 0 Å². The molecule has 2 aromatic rings. The van der Waals surface area contributed by atoms with Gasteiger partial charge >= 0.3 is 17.8 Å². The molecule has 0 aliphatic carbocycles. The molecule has 6 nitrogen and oxygen atoms in total. The maximum Gasteiger partial charge on any atom is 0.339 e. The van der Waals surface area contributed by atoms with Crippen molar-refractivity contribution in [2.75, 3.05) is 12.0 Å². The summed E-state index contributed by atoms with van der Waals surface area (Å²) < 4.78 is 5.94. The standard InChI is InChI=1S/C17H13BrN2O4/c1-24-14-8-6-13(7-9-14)20-16(22)15(21)19(17(20)23)10-11-2-4-12(18)5-3-11/h2-9H,10H2,1H3. The summed E-state index contributed by atoms with van der Waals surface area (Å²) in [5.41, 5.74) is 1.08. The third-order valence-corrected chi connectivity index (χ3v) is 4.17. The highest BCUT2D eigenvalue weighted by Crippen LogP contribution is 2.25. The van der Waals surface area contributed by atoms with E-state index in [0.29, 0.717) is 11.4 Å². The highest BCUT2D eigenvalue weighted by atomic mass is 79.9. The first-order chi connectivity index (χ1) is 11.5. The highest BCUT2D eigenvalue weighted by molar-refractivity contribution is 9.10. The maximum atomic E-state index is 12.5. The van der Waals surface area contributed by atoms with Crippen molar-refractivity contribution in [1.29, 1.82) is 0 Å². The van der Waals surface area contributed by atoms with Crippen LogP contribution < -0.4 is 9.64 Å². The first-order valence-corrected chi connectivity index (χ1v) is 7.89. The number of anilines is 1. The average molecular weight is 389 g/mol. The molecule has 0 N–H and O–H groups in total. The molecule has 0 bridgehead atoms. The number of methoxy groups -OCH3 is 1. The van der Waals surface area contributed by atoms with Crippen molar-refractivity contribution in [3.8, 4) is 5.75 Å². The van der Waals surface area contributed by atoms with Crippen LogP contribution in [0.1, 0.15) is 5.56 Å². The number of carbonyl (C=O) groups excluding carboxylic acids is 3. The van der Waals surface area contributed by atoms with E-state index in [0.717, 1.165) is 19.8 Å². The van der Waals surface area contributed by atoms with Crippen molar-refractivity contribution < 1.29 is 19.1 Å². The van der Waals surface area contributed by atoms with Gasteiger partial charge in [0.05, 0.1) is 19.3 Å². The van der Waals surface area contributed by atoms with Crippen molar-refractivity contribution in [2.24, 2.45) is 0 Å². The fourth-order valence-corrected chi connectivity index (χ4v) is 2.64. The van der Waals surface area contributed by atoms with Gasteiger partial charge in [0, 0.05) is 4.47 Å². The summed E-state index contributed by atoms with van der Waals surface area (Å²) in [4.78, 5) is 38.7. The topological polar surface area (TPSA) is 66.9 Å². The Hall–Kier alpha value is -2.67. The normalized spacial score (nSPS) is 14.5. The number of rotatable bonds is 4. The zero-order valence-corrected chi connectivity index (χ0v) is 14.3. The van der Waals surface area contributed by atoms with E-state index in [4.69, 9.17) is 4.74 Å². The molecule has 1 aliphatic rings. The highest BCUT2D eigenvalue weighted by Gasteiger charge is 2.45. The number of hydrogen-bond acceptors (Lipinski definition) is 4. The molecule has 24 heavy (non-hydrogen) atoms. The molecular weight excluding hydrogens is 376 g/mol. The summed E-state index contributed by atoms with van der Waals surface area (Å²) in [5.74, 6) is -1.10. The summed E-state index contributed by atoms with van der Waals surface area (Å²) in [6, 6.07) is 12.9. The molecule has 0 aromatic heterocycles. The summed E-state index contributed by atoms with van der Waals surface area (Å²) in [6.07, 6.45) is 0. The third-order valence-electron chi connectivity index (χ3n) is 3.64. The van der Waals surface area contributed by atoms with Crippen molar-refractivity contribution in [3.05, 3.63) is 58.6 Å². The van der Waals surface area contributed by atoms with Crippen molar-refractivity contribution in [2.45, 2.75) is 6.54 Å². The molecule has 3 rings (SSSR count). The number of urea groups is 1. The van der Waals surface area contributed by atoms with Crippen LogP contribution in [0.3, 0.4) is 0 Å². The summed E-state index contributed by atoms with van der Waals surface area (Å²) in [5, 5.41) is 0. The van der Waals surface area contributed by atoms with E-state index < -0.39 is 17.8 Å². The lowest BCUT2D eigenvalue weighted by Crippen LogP contribution is -2.33. The van der Waals surface area contributed by atoms with Gasteiger partial charge in [-0.15, -0.1) is 0 Å². The second kappa shape index (κ2) is 6.45. The van der Waals surface area contributed by atoms with Gasteiger partial charge in [-0.1, -0.05) is 28.1 Å². The molecule has 1 fully saturated rings. The van der Waals surface area contributed by atoms with Gasteiger partial charge in [0.1, 0.15) is 5.75 Å². The SMILES string of the molecule is COc1ccc(N2C(=O)C(=O)N(Cc3ccc(Br)cc3)C2=O)cc1. The zero-order valence-electron chi connectivity index (χ0n) is 12.7. The molecule has 0 saturated carbocycles. The molecule has 4 amide bonds. The lowest BCUT2D eigenvalue weighted by Gasteiger charge is -2.16. The second-order valence-corrected chi connectivity index (χ2v) is 6.05. The van der Waals surface area contributed by atoms with Crippen LogP contribution in [0.2, 0.25) is 0 Å². The molecule has 0 unspecified atom stereocenters. The number of carbonyl (C=O) groups is 3. The monoisotopic (exact) mass is 388 g/mol. The Bertz CT molecular complexity index is 802. The number of ether oxygens (including phenoxy) is 1. The van der Waals surface area contributed by atoms with Gasteiger partial charge in [-0.05, 0) is 42.0 Å². The molecule has 0 radical (unpaired) electrons. The van der Waals surface area contributed by atoms with Crippen molar-refractivity contribution in [3.63, 3.8) is 0 Å². The molecule has 0 atom stereocenters.